The highest BCUT2D eigenvalue weighted by molar-refractivity contribution is 8.07. The maximum absolute atomic E-state index is 12.5. The second kappa shape index (κ2) is 11.7. The third-order valence-corrected chi connectivity index (χ3v) is 8.40. The molecule has 36 heavy (non-hydrogen) atoms. The van der Waals surface area contributed by atoms with E-state index < -0.39 is 21.5 Å². The summed E-state index contributed by atoms with van der Waals surface area (Å²) in [5.74, 6) is 0.824. The van der Waals surface area contributed by atoms with Gasteiger partial charge in [-0.05, 0) is 40.5 Å². The molecule has 202 valence electrons. The molecule has 0 radical (unpaired) electrons. The van der Waals surface area contributed by atoms with Crippen LogP contribution in [0, 0.1) is 5.41 Å². The van der Waals surface area contributed by atoms with Crippen LogP contribution in [0.3, 0.4) is 0 Å². The summed E-state index contributed by atoms with van der Waals surface area (Å²) >= 11 is 0. The molecule has 3 rings (SSSR count). The average Bonchev–Trinajstić information content (AvgIpc) is 3.66. The van der Waals surface area contributed by atoms with E-state index in [1.165, 1.54) is 7.11 Å². The second-order valence-electron chi connectivity index (χ2n) is 10.2. The van der Waals surface area contributed by atoms with E-state index in [0.29, 0.717) is 63.1 Å². The number of carbonyl (C=O) groups excluding carboxylic acids is 1. The van der Waals surface area contributed by atoms with Gasteiger partial charge in [0.1, 0.15) is 35.5 Å². The van der Waals surface area contributed by atoms with Crippen LogP contribution in [0.1, 0.15) is 66.2 Å². The Morgan fingerprint density at radius 3 is 2.42 bits per heavy atom. The van der Waals surface area contributed by atoms with E-state index in [9.17, 15) is 13.2 Å². The molecule has 0 aromatic rings. The SMILES string of the molecule is COC(COC1=C(C)N=C(S(=O)(=O)C2CC2)CC1)C(=NC=N)OC1CCN(C(=O)OC(C)(C)C)CC1. The molecule has 1 aliphatic carbocycles. The number of carbonyl (C=O) groups is 1. The quantitative estimate of drug-likeness (QED) is 0.377. The highest BCUT2D eigenvalue weighted by Crippen LogP contribution is 2.33. The highest BCUT2D eigenvalue weighted by Gasteiger charge is 2.40. The summed E-state index contributed by atoms with van der Waals surface area (Å²) in [6.45, 7) is 8.29. The number of aliphatic imine (C=N–C) groups is 2. The number of allylic oxidation sites excluding steroid dienone is 2. The molecule has 0 aromatic heterocycles. The molecule has 1 N–H and O–H groups in total. The molecule has 1 atom stereocenters. The van der Waals surface area contributed by atoms with Gasteiger partial charge >= 0.3 is 6.09 Å². The summed E-state index contributed by atoms with van der Waals surface area (Å²) < 4.78 is 48.0. The van der Waals surface area contributed by atoms with Crippen LogP contribution in [0.5, 0.6) is 0 Å². The van der Waals surface area contributed by atoms with Crippen molar-refractivity contribution in [2.45, 2.75) is 89.3 Å². The summed E-state index contributed by atoms with van der Waals surface area (Å²) in [5, 5.41) is 7.39. The molecule has 0 spiro atoms. The Morgan fingerprint density at radius 2 is 1.89 bits per heavy atom. The van der Waals surface area contributed by atoms with Crippen molar-refractivity contribution < 1.29 is 32.2 Å². The lowest BCUT2D eigenvalue weighted by molar-refractivity contribution is 0.00608. The fraction of sp³-hybridized carbons (Fsp3) is 0.750. The number of likely N-dealkylation sites (tertiary alicyclic amines) is 1. The number of piperidine rings is 1. The topological polar surface area (TPSA) is 140 Å². The zero-order chi connectivity index (χ0) is 26.5. The fourth-order valence-corrected chi connectivity index (χ4v) is 5.78. The number of nitrogens with zero attached hydrogens (tertiary/aromatic N) is 3. The van der Waals surface area contributed by atoms with Crippen LogP contribution in [-0.2, 0) is 28.8 Å². The van der Waals surface area contributed by atoms with Crippen LogP contribution in [0.25, 0.3) is 0 Å². The Balaban J connectivity index is 1.56. The van der Waals surface area contributed by atoms with Gasteiger partial charge in [-0.25, -0.2) is 23.2 Å². The molecular weight excluding hydrogens is 488 g/mol. The number of ether oxygens (including phenoxy) is 4. The van der Waals surface area contributed by atoms with Gasteiger partial charge in [0, 0.05) is 45.9 Å². The van der Waals surface area contributed by atoms with Crippen molar-refractivity contribution in [3.63, 3.8) is 0 Å². The van der Waals surface area contributed by atoms with Gasteiger partial charge in [0.15, 0.2) is 15.9 Å². The lowest BCUT2D eigenvalue weighted by Gasteiger charge is -2.34. The predicted octanol–water partition coefficient (Wildman–Crippen LogP) is 3.44. The zero-order valence-corrected chi connectivity index (χ0v) is 22.6. The van der Waals surface area contributed by atoms with E-state index in [-0.39, 0.29) is 35.0 Å². The number of hydrogen-bond acceptors (Lipinski definition) is 9. The van der Waals surface area contributed by atoms with Gasteiger partial charge in [-0.3, -0.25) is 5.41 Å². The smallest absolute Gasteiger partial charge is 0.410 e. The lowest BCUT2D eigenvalue weighted by Crippen LogP contribution is -2.44. The molecule has 0 aromatic carbocycles. The lowest BCUT2D eigenvalue weighted by atomic mass is 10.1. The molecule has 1 unspecified atom stereocenters. The highest BCUT2D eigenvalue weighted by atomic mass is 32.2. The molecule has 1 saturated heterocycles. The van der Waals surface area contributed by atoms with Crippen molar-refractivity contribution >= 4 is 33.2 Å². The maximum atomic E-state index is 12.5. The second-order valence-corrected chi connectivity index (χ2v) is 12.4. The van der Waals surface area contributed by atoms with Crippen LogP contribution in [0.15, 0.2) is 21.4 Å². The van der Waals surface area contributed by atoms with Crippen molar-refractivity contribution in [1.29, 1.82) is 5.41 Å². The van der Waals surface area contributed by atoms with E-state index in [1.54, 1.807) is 11.8 Å². The van der Waals surface area contributed by atoms with E-state index >= 15 is 0 Å². The summed E-state index contributed by atoms with van der Waals surface area (Å²) in [7, 11) is -1.80. The first kappa shape index (κ1) is 28.1. The molecule has 11 nitrogen and oxygen atoms in total. The Bertz CT molecular complexity index is 1020. The number of nitrogens with one attached hydrogen (secondary N) is 1. The molecule has 12 heteroatoms. The monoisotopic (exact) mass is 526 g/mol. The number of hydrogen-bond donors (Lipinski definition) is 1. The Labute approximate surface area is 213 Å². The molecule has 1 amide bonds. The molecule has 2 heterocycles. The first-order valence-corrected chi connectivity index (χ1v) is 13.9. The van der Waals surface area contributed by atoms with Gasteiger partial charge in [0.25, 0.3) is 0 Å². The van der Waals surface area contributed by atoms with Crippen LogP contribution < -0.4 is 0 Å². The third-order valence-electron chi connectivity index (χ3n) is 6.10. The van der Waals surface area contributed by atoms with Crippen LogP contribution in [0.2, 0.25) is 0 Å². The molecule has 0 bridgehead atoms. The number of methoxy groups -OCH3 is 1. The van der Waals surface area contributed by atoms with Crippen molar-refractivity contribution in [1.82, 2.24) is 4.90 Å². The van der Waals surface area contributed by atoms with E-state index in [1.807, 2.05) is 20.8 Å². The Kier molecular flexibility index (Phi) is 9.15. The van der Waals surface area contributed by atoms with Crippen molar-refractivity contribution in [3.05, 3.63) is 11.5 Å². The number of sulfone groups is 1. The van der Waals surface area contributed by atoms with E-state index in [2.05, 4.69) is 9.98 Å². The predicted molar refractivity (Wildman–Crippen MR) is 136 cm³/mol. The molecule has 3 aliphatic rings. The van der Waals surface area contributed by atoms with Crippen molar-refractivity contribution in [2.75, 3.05) is 26.8 Å². The van der Waals surface area contributed by atoms with E-state index in [4.69, 9.17) is 24.4 Å². The average molecular weight is 527 g/mol. The van der Waals surface area contributed by atoms with Gasteiger partial charge in [-0.2, -0.15) is 0 Å². The van der Waals surface area contributed by atoms with Gasteiger partial charge in [-0.1, -0.05) is 0 Å². The fourth-order valence-electron chi connectivity index (χ4n) is 3.98. The van der Waals surface area contributed by atoms with Gasteiger partial charge in [-0.15, -0.1) is 0 Å². The van der Waals surface area contributed by atoms with Crippen LogP contribution in [-0.4, -0.2) is 86.6 Å². The largest absolute Gasteiger partial charge is 0.493 e. The first-order chi connectivity index (χ1) is 16.9. The van der Waals surface area contributed by atoms with Crippen LogP contribution >= 0.6 is 0 Å². The Morgan fingerprint density at radius 1 is 1.22 bits per heavy atom. The minimum atomic E-state index is -3.30. The summed E-state index contributed by atoms with van der Waals surface area (Å²) in [6.07, 6.45) is 3.02. The summed E-state index contributed by atoms with van der Waals surface area (Å²) in [5.41, 5.74) is -0.0130. The maximum Gasteiger partial charge on any atom is 0.410 e. The minimum Gasteiger partial charge on any atom is -0.493 e. The first-order valence-electron chi connectivity index (χ1n) is 12.3. The minimum absolute atomic E-state index is 0.0762. The zero-order valence-electron chi connectivity index (χ0n) is 21.8. The summed E-state index contributed by atoms with van der Waals surface area (Å²) in [6, 6.07) is 0. The molecule has 2 aliphatic heterocycles. The standard InChI is InChI=1S/C24H38N4O7S/c1-16-19(8-9-21(27-16)36(30,31)18-6-7-18)33-14-20(32-5)22(26-15-25)34-17-10-12-28(13-11-17)23(29)35-24(2,3)4/h15,17-18,20,25H,6-14H2,1-5H3. The van der Waals surface area contributed by atoms with Gasteiger partial charge in [0.05, 0.1) is 10.9 Å². The van der Waals surface area contributed by atoms with E-state index in [0.717, 1.165) is 6.34 Å². The Hall–Kier alpha value is -2.47. The summed E-state index contributed by atoms with van der Waals surface area (Å²) in [4.78, 5) is 22.3. The molecule has 1 saturated carbocycles. The normalized spacial score (nSPS) is 21.1. The van der Waals surface area contributed by atoms with Gasteiger partial charge < -0.3 is 23.8 Å². The molecule has 2 fully saturated rings. The number of amides is 1. The van der Waals surface area contributed by atoms with Crippen LogP contribution in [0.4, 0.5) is 4.79 Å². The third kappa shape index (κ3) is 7.52. The number of rotatable bonds is 8. The van der Waals surface area contributed by atoms with Crippen molar-refractivity contribution in [3.8, 4) is 0 Å². The van der Waals surface area contributed by atoms with Gasteiger partial charge in [0.2, 0.25) is 5.90 Å². The van der Waals surface area contributed by atoms with Crippen molar-refractivity contribution in [2.24, 2.45) is 9.98 Å². The molecular formula is C24H38N4O7S.